The average molecular weight is 444 g/mol. The summed E-state index contributed by atoms with van der Waals surface area (Å²) in [5.41, 5.74) is 2.98. The molecule has 9 nitrogen and oxygen atoms in total. The largest absolute Gasteiger partial charge is 0.341 e. The molecule has 1 aliphatic rings. The number of carbonyl (C=O) groups is 3. The number of halogens is 1. The molecule has 164 valence electrons. The zero-order chi connectivity index (χ0) is 22.9. The number of rotatable bonds is 5. The van der Waals surface area contributed by atoms with Crippen molar-refractivity contribution in [3.05, 3.63) is 89.1 Å². The van der Waals surface area contributed by atoms with E-state index in [4.69, 9.17) is 0 Å². The molecule has 1 aliphatic heterocycles. The van der Waals surface area contributed by atoms with E-state index in [9.17, 15) is 18.8 Å². The molecule has 2 aromatic heterocycles. The van der Waals surface area contributed by atoms with E-state index in [0.717, 1.165) is 16.5 Å². The van der Waals surface area contributed by atoms with Gasteiger partial charge in [-0.25, -0.2) is 13.9 Å². The number of carbonyl (C=O) groups excluding carboxylic acids is 3. The summed E-state index contributed by atoms with van der Waals surface area (Å²) in [7, 11) is 0. The molecule has 0 saturated carbocycles. The summed E-state index contributed by atoms with van der Waals surface area (Å²) in [6.07, 6.45) is 5.08. The van der Waals surface area contributed by atoms with Crippen LogP contribution >= 0.6 is 0 Å². The van der Waals surface area contributed by atoms with Crippen molar-refractivity contribution in [1.82, 2.24) is 30.2 Å². The van der Waals surface area contributed by atoms with Gasteiger partial charge < -0.3 is 4.57 Å². The summed E-state index contributed by atoms with van der Waals surface area (Å²) in [5, 5.41) is 13.4. The van der Waals surface area contributed by atoms with Crippen LogP contribution in [-0.4, -0.2) is 37.4 Å². The number of fused-ring (bicyclic) bond motifs is 1. The minimum atomic E-state index is -0.840. The van der Waals surface area contributed by atoms with E-state index in [2.05, 4.69) is 20.9 Å². The summed E-state index contributed by atoms with van der Waals surface area (Å²) >= 11 is 0. The van der Waals surface area contributed by atoms with Crippen LogP contribution in [0.25, 0.3) is 17.0 Å². The highest BCUT2D eigenvalue weighted by atomic mass is 19.1. The lowest BCUT2D eigenvalue weighted by Crippen LogP contribution is -2.51. The number of urea groups is 1. The molecule has 4 aromatic rings. The fraction of sp³-hybridized carbons (Fsp3) is 0.0870. The molecule has 0 spiro atoms. The van der Waals surface area contributed by atoms with Crippen LogP contribution in [0.1, 0.15) is 16.8 Å². The van der Waals surface area contributed by atoms with Crippen molar-refractivity contribution in [2.75, 3.05) is 0 Å². The highest BCUT2D eigenvalue weighted by Gasteiger charge is 2.28. The first-order chi connectivity index (χ1) is 16.0. The van der Waals surface area contributed by atoms with Gasteiger partial charge >= 0.3 is 6.03 Å². The lowest BCUT2D eigenvalue weighted by atomic mass is 10.1. The third kappa shape index (κ3) is 4.13. The number of hydrogen-bond donors (Lipinski definition) is 2. The number of imide groups is 2. The smallest absolute Gasteiger partial charge is 0.328 e. The minimum Gasteiger partial charge on any atom is -0.341 e. The number of nitrogens with zero attached hydrogens (tertiary/aromatic N) is 4. The summed E-state index contributed by atoms with van der Waals surface area (Å²) in [6.45, 7) is 0.865. The normalized spacial score (nSPS) is 13.8. The van der Waals surface area contributed by atoms with Crippen molar-refractivity contribution < 1.29 is 18.8 Å². The number of aromatic nitrogens is 4. The van der Waals surface area contributed by atoms with Crippen LogP contribution in [0.15, 0.2) is 66.5 Å². The Bertz CT molecular complexity index is 1410. The molecule has 0 atom stereocenters. The van der Waals surface area contributed by atoms with Gasteiger partial charge in [0.15, 0.2) is 0 Å². The standard InChI is InChI=1S/C23H17FN6O3/c24-16-7-5-14(6-8-16)10-30-13-17(27-28-30)12-29-11-15(18-3-1-2-4-20(18)29)9-19-21(31)25-23(33)26-22(19)32/h1-9,11,13H,10,12H2,(H2,25,26,31,32,33). The zero-order valence-corrected chi connectivity index (χ0v) is 17.2. The van der Waals surface area contributed by atoms with Crippen LogP contribution in [0, 0.1) is 5.82 Å². The van der Waals surface area contributed by atoms with Gasteiger partial charge in [0.1, 0.15) is 17.1 Å². The van der Waals surface area contributed by atoms with Crippen LogP contribution in [-0.2, 0) is 22.7 Å². The van der Waals surface area contributed by atoms with Crippen molar-refractivity contribution >= 4 is 34.8 Å². The van der Waals surface area contributed by atoms with Crippen molar-refractivity contribution in [2.24, 2.45) is 0 Å². The van der Waals surface area contributed by atoms with Crippen LogP contribution in [0.3, 0.4) is 0 Å². The molecule has 5 rings (SSSR count). The molecule has 0 bridgehead atoms. The van der Waals surface area contributed by atoms with Crippen LogP contribution < -0.4 is 10.6 Å². The van der Waals surface area contributed by atoms with Crippen molar-refractivity contribution in [1.29, 1.82) is 0 Å². The molecular weight excluding hydrogens is 427 g/mol. The van der Waals surface area contributed by atoms with Crippen molar-refractivity contribution in [3.63, 3.8) is 0 Å². The van der Waals surface area contributed by atoms with Gasteiger partial charge in [0.05, 0.1) is 19.3 Å². The molecule has 4 amide bonds. The number of para-hydroxylation sites is 1. The summed E-state index contributed by atoms with van der Waals surface area (Å²) in [5.74, 6) is -1.79. The second kappa shape index (κ2) is 8.15. The fourth-order valence-electron chi connectivity index (χ4n) is 3.72. The topological polar surface area (TPSA) is 111 Å². The molecule has 0 radical (unpaired) electrons. The first-order valence-electron chi connectivity index (χ1n) is 10.1. The highest BCUT2D eigenvalue weighted by molar-refractivity contribution is 6.31. The second-order valence-corrected chi connectivity index (χ2v) is 7.56. The maximum Gasteiger partial charge on any atom is 0.328 e. The maximum absolute atomic E-state index is 13.1. The van der Waals surface area contributed by atoms with E-state index in [0.29, 0.717) is 24.3 Å². The number of nitrogens with one attached hydrogen (secondary N) is 2. The minimum absolute atomic E-state index is 0.150. The summed E-state index contributed by atoms with van der Waals surface area (Å²) in [6, 6.07) is 12.9. The number of barbiturate groups is 1. The first kappa shape index (κ1) is 20.3. The van der Waals surface area contributed by atoms with Gasteiger partial charge in [-0.05, 0) is 29.8 Å². The Labute approximate surface area is 186 Å². The molecule has 0 aliphatic carbocycles. The molecule has 2 aromatic carbocycles. The van der Waals surface area contributed by atoms with E-state index in [1.807, 2.05) is 41.2 Å². The molecular formula is C23H17FN6O3. The van der Waals surface area contributed by atoms with Crippen molar-refractivity contribution in [2.45, 2.75) is 13.1 Å². The number of hydrogen-bond acceptors (Lipinski definition) is 5. The Morgan fingerprint density at radius 2 is 1.64 bits per heavy atom. The van der Waals surface area contributed by atoms with Crippen molar-refractivity contribution in [3.8, 4) is 0 Å². The monoisotopic (exact) mass is 444 g/mol. The van der Waals surface area contributed by atoms with Crippen LogP contribution in [0.4, 0.5) is 9.18 Å². The lowest BCUT2D eigenvalue weighted by molar-refractivity contribution is -0.123. The molecule has 2 N–H and O–H groups in total. The van der Waals surface area contributed by atoms with Gasteiger partial charge in [-0.1, -0.05) is 35.5 Å². The second-order valence-electron chi connectivity index (χ2n) is 7.56. The zero-order valence-electron chi connectivity index (χ0n) is 17.2. The third-order valence-electron chi connectivity index (χ3n) is 5.24. The Kier molecular flexibility index (Phi) is 5.02. The van der Waals surface area contributed by atoms with E-state index in [1.165, 1.54) is 18.2 Å². The van der Waals surface area contributed by atoms with Gasteiger partial charge in [0.2, 0.25) is 0 Å². The lowest BCUT2D eigenvalue weighted by Gasteiger charge is -2.13. The Hall–Kier alpha value is -4.60. The maximum atomic E-state index is 13.1. The summed E-state index contributed by atoms with van der Waals surface area (Å²) < 4.78 is 16.7. The van der Waals surface area contributed by atoms with Gasteiger partial charge in [-0.15, -0.1) is 5.10 Å². The SMILES string of the molecule is O=C1NC(=O)C(=Cc2cn(Cc3cn(Cc4ccc(F)cc4)nn3)c3ccccc23)C(=O)N1. The molecule has 33 heavy (non-hydrogen) atoms. The quantitative estimate of drug-likeness (QED) is 0.362. The van der Waals surface area contributed by atoms with Gasteiger partial charge in [-0.2, -0.15) is 0 Å². The molecule has 0 unspecified atom stereocenters. The number of amides is 4. The highest BCUT2D eigenvalue weighted by Crippen LogP contribution is 2.25. The van der Waals surface area contributed by atoms with Crippen LogP contribution in [0.5, 0.6) is 0 Å². The van der Waals surface area contributed by atoms with E-state index in [-0.39, 0.29) is 11.4 Å². The average Bonchev–Trinajstić information content (AvgIpc) is 3.37. The van der Waals surface area contributed by atoms with E-state index in [1.54, 1.807) is 16.8 Å². The molecule has 3 heterocycles. The van der Waals surface area contributed by atoms with Crippen LogP contribution in [0.2, 0.25) is 0 Å². The van der Waals surface area contributed by atoms with E-state index < -0.39 is 17.8 Å². The predicted molar refractivity (Wildman–Crippen MR) is 116 cm³/mol. The first-order valence-corrected chi connectivity index (χ1v) is 10.1. The van der Waals surface area contributed by atoms with E-state index >= 15 is 0 Å². The van der Waals surface area contributed by atoms with Gasteiger partial charge in [0, 0.05) is 22.7 Å². The Morgan fingerprint density at radius 3 is 2.39 bits per heavy atom. The van der Waals surface area contributed by atoms with Gasteiger partial charge in [-0.3, -0.25) is 20.2 Å². The fourth-order valence-corrected chi connectivity index (χ4v) is 3.72. The number of benzene rings is 2. The summed E-state index contributed by atoms with van der Waals surface area (Å²) in [4.78, 5) is 35.5. The molecule has 10 heteroatoms. The third-order valence-corrected chi connectivity index (χ3v) is 5.24. The van der Waals surface area contributed by atoms with Gasteiger partial charge in [0.25, 0.3) is 11.8 Å². The predicted octanol–water partition coefficient (Wildman–Crippen LogP) is 2.22. The Balaban J connectivity index is 1.43. The molecule has 1 fully saturated rings. The Morgan fingerprint density at radius 1 is 0.909 bits per heavy atom. The molecule has 1 saturated heterocycles.